The Bertz CT molecular complexity index is 1680. The minimum absolute atomic E-state index is 0.202. The molecule has 0 spiro atoms. The summed E-state index contributed by atoms with van der Waals surface area (Å²) < 4.78 is 27.6. The van der Waals surface area contributed by atoms with Crippen molar-refractivity contribution in [3.05, 3.63) is 59.7 Å². The smallest absolute Gasteiger partial charge is 0.271 e. The minimum atomic E-state index is -0.591. The predicted octanol–water partition coefficient (Wildman–Crippen LogP) is 0.248. The lowest BCUT2D eigenvalue weighted by atomic mass is 9.49. The number of pyridine rings is 1. The molecule has 0 aliphatic carbocycles. The highest BCUT2D eigenvalue weighted by molar-refractivity contribution is 6.60. The van der Waals surface area contributed by atoms with E-state index in [1.807, 2.05) is 30.5 Å². The average Bonchev–Trinajstić information content (AvgIpc) is 3.34. The van der Waals surface area contributed by atoms with Crippen molar-refractivity contribution in [2.75, 3.05) is 38.4 Å². The van der Waals surface area contributed by atoms with Crippen molar-refractivity contribution < 1.29 is 23.5 Å². The van der Waals surface area contributed by atoms with Crippen LogP contribution in [0.25, 0.3) is 11.3 Å². The first kappa shape index (κ1) is 31.9. The Morgan fingerprint density at radius 2 is 1.80 bits per heavy atom. The van der Waals surface area contributed by atoms with Gasteiger partial charge in [-0.2, -0.15) is 5.10 Å². The van der Waals surface area contributed by atoms with Gasteiger partial charge in [-0.1, -0.05) is 0 Å². The molecular formula is C27H33B3FN9O4. The van der Waals surface area contributed by atoms with Crippen LogP contribution in [0.15, 0.2) is 42.6 Å². The van der Waals surface area contributed by atoms with Crippen molar-refractivity contribution in [1.29, 1.82) is 0 Å². The zero-order chi connectivity index (χ0) is 32.2. The van der Waals surface area contributed by atoms with Gasteiger partial charge in [0, 0.05) is 51.1 Å². The molecule has 3 heterocycles. The molecular weight excluding hydrogens is 566 g/mol. The average molecular weight is 599 g/mol. The van der Waals surface area contributed by atoms with Gasteiger partial charge in [0.15, 0.2) is 11.6 Å². The Morgan fingerprint density at radius 1 is 1.05 bits per heavy atom. The molecule has 0 aliphatic heterocycles. The van der Waals surface area contributed by atoms with Crippen LogP contribution in [0.4, 0.5) is 27.4 Å². The van der Waals surface area contributed by atoms with Crippen LogP contribution >= 0.6 is 0 Å². The number of aryl methyl sites for hydroxylation is 1. The van der Waals surface area contributed by atoms with E-state index < -0.39 is 17.0 Å². The first-order chi connectivity index (χ1) is 20.8. The highest BCUT2D eigenvalue weighted by atomic mass is 19.1. The molecule has 4 aromatic rings. The lowest BCUT2D eigenvalue weighted by Crippen LogP contribution is -2.50. The van der Waals surface area contributed by atoms with Gasteiger partial charge in [-0.05, 0) is 30.4 Å². The summed E-state index contributed by atoms with van der Waals surface area (Å²) in [6.45, 7) is 2.30. The van der Waals surface area contributed by atoms with Gasteiger partial charge < -0.3 is 30.3 Å². The molecule has 0 saturated heterocycles. The van der Waals surface area contributed by atoms with E-state index in [0.29, 0.717) is 46.8 Å². The summed E-state index contributed by atoms with van der Waals surface area (Å²) in [6.07, 6.45) is 1.40. The van der Waals surface area contributed by atoms with Crippen molar-refractivity contribution in [2.45, 2.75) is 12.2 Å². The Morgan fingerprint density at radius 3 is 2.41 bits per heavy atom. The molecule has 3 N–H and O–H groups in total. The molecule has 4 rings (SSSR count). The van der Waals surface area contributed by atoms with Crippen molar-refractivity contribution in [3.8, 4) is 22.9 Å². The molecule has 0 unspecified atom stereocenters. The number of rotatable bonds is 11. The van der Waals surface area contributed by atoms with Gasteiger partial charge in [-0.3, -0.25) is 14.3 Å². The maximum atomic E-state index is 15.1. The van der Waals surface area contributed by atoms with E-state index in [0.717, 1.165) is 0 Å². The van der Waals surface area contributed by atoms with E-state index in [-0.39, 0.29) is 22.9 Å². The third-order valence-electron chi connectivity index (χ3n) is 6.13. The van der Waals surface area contributed by atoms with Crippen LogP contribution < -0.4 is 25.4 Å². The number of carbonyl (C=O) groups is 2. The molecule has 17 heteroatoms. The topological polar surface area (TPSA) is 148 Å². The largest absolute Gasteiger partial charge is 0.494 e. The minimum Gasteiger partial charge on any atom is -0.494 e. The first-order valence-corrected chi connectivity index (χ1v) is 13.8. The molecule has 0 radical (unpaired) electrons. The van der Waals surface area contributed by atoms with Crippen molar-refractivity contribution in [3.63, 3.8) is 0 Å². The van der Waals surface area contributed by atoms with Gasteiger partial charge in [0.1, 0.15) is 40.9 Å². The third-order valence-corrected chi connectivity index (χ3v) is 6.13. The first-order valence-electron chi connectivity index (χ1n) is 13.8. The van der Waals surface area contributed by atoms with Crippen LogP contribution in [-0.2, 0) is 7.05 Å². The second-order valence-electron chi connectivity index (χ2n) is 11.0. The van der Waals surface area contributed by atoms with E-state index in [1.54, 1.807) is 45.4 Å². The summed E-state index contributed by atoms with van der Waals surface area (Å²) >= 11 is 0. The molecule has 3 aromatic heterocycles. The molecule has 0 aliphatic rings. The second kappa shape index (κ2) is 13.1. The summed E-state index contributed by atoms with van der Waals surface area (Å²) in [6, 6.07) is 9.02. The Balaban J connectivity index is 1.77. The monoisotopic (exact) mass is 599 g/mol. The van der Waals surface area contributed by atoms with Gasteiger partial charge in [0.25, 0.3) is 11.8 Å². The number of anilines is 4. The fourth-order valence-electron chi connectivity index (χ4n) is 4.23. The Labute approximate surface area is 257 Å². The molecule has 0 saturated carbocycles. The molecule has 44 heavy (non-hydrogen) atoms. The number of hydrogen-bond acceptors (Lipinski definition) is 10. The van der Waals surface area contributed by atoms with E-state index >= 15 is 4.39 Å². The van der Waals surface area contributed by atoms with Crippen LogP contribution in [-0.4, -0.2) is 98.3 Å². The number of hydrogen-bond donors (Lipinski definition) is 3. The zero-order valence-corrected chi connectivity index (χ0v) is 25.9. The van der Waals surface area contributed by atoms with Crippen LogP contribution in [0, 0.1) is 5.82 Å². The number of carbonyl (C=O) groups excluding carboxylic acids is 2. The third kappa shape index (κ3) is 7.46. The number of ether oxygens (including phenoxy) is 2. The fourth-order valence-corrected chi connectivity index (χ4v) is 4.23. The number of nitrogens with zero attached hydrogens (tertiary/aromatic N) is 6. The van der Waals surface area contributed by atoms with Crippen LogP contribution in [0.3, 0.4) is 0 Å². The summed E-state index contributed by atoms with van der Waals surface area (Å²) in [5.74, 6) is 0.109. The quantitative estimate of drug-likeness (QED) is 0.205. The molecule has 0 atom stereocenters. The fraction of sp³-hybridized carbons (Fsp3) is 0.259. The van der Waals surface area contributed by atoms with Crippen molar-refractivity contribution >= 4 is 58.4 Å². The maximum Gasteiger partial charge on any atom is 0.271 e. The number of halogens is 1. The number of aromatic nitrogens is 5. The highest BCUT2D eigenvalue weighted by Gasteiger charge is 2.23. The number of benzene rings is 1. The number of amides is 2. The summed E-state index contributed by atoms with van der Waals surface area (Å²) in [7, 11) is 11.9. The maximum absolute atomic E-state index is 15.1. The standard InChI is InChI=1S/C27H33B3FN9O4/c1-6-44-23-8-7-21(36-37-23)34-22-12-17(16(13-32-22)25(41)35-27(28,29)30)33-19-10-14(31)9-15(24(19)43-5)18-11-20(40(4)38-18)26(42)39(2)3/h7-13H,6,28-30H2,1-5H3,(H,35,41)(H2,32,33,34,36). The number of methoxy groups -OCH3 is 1. The molecule has 1 aromatic carbocycles. The van der Waals surface area contributed by atoms with Crippen LogP contribution in [0.2, 0.25) is 0 Å². The lowest BCUT2D eigenvalue weighted by molar-refractivity contribution is 0.0816. The molecule has 0 bridgehead atoms. The van der Waals surface area contributed by atoms with E-state index in [9.17, 15) is 9.59 Å². The van der Waals surface area contributed by atoms with Gasteiger partial charge in [-0.25, -0.2) is 9.37 Å². The van der Waals surface area contributed by atoms with Crippen LogP contribution in [0.5, 0.6) is 11.6 Å². The summed E-state index contributed by atoms with van der Waals surface area (Å²) in [5.41, 5.74) is 1.68. The highest BCUT2D eigenvalue weighted by Crippen LogP contribution is 2.39. The predicted molar refractivity (Wildman–Crippen MR) is 173 cm³/mol. The lowest BCUT2D eigenvalue weighted by Gasteiger charge is -2.22. The molecule has 2 amide bonds. The summed E-state index contributed by atoms with van der Waals surface area (Å²) in [5, 5.41) is 21.1. The van der Waals surface area contributed by atoms with Gasteiger partial charge >= 0.3 is 0 Å². The Kier molecular flexibility index (Phi) is 9.45. The van der Waals surface area contributed by atoms with Gasteiger partial charge in [0.2, 0.25) is 5.88 Å². The van der Waals surface area contributed by atoms with Gasteiger partial charge in [0.05, 0.1) is 36.3 Å². The zero-order valence-electron chi connectivity index (χ0n) is 25.9. The molecule has 0 fully saturated rings. The number of nitrogens with one attached hydrogen (secondary N) is 3. The second-order valence-corrected chi connectivity index (χ2v) is 11.0. The van der Waals surface area contributed by atoms with Crippen molar-refractivity contribution in [2.24, 2.45) is 7.05 Å². The van der Waals surface area contributed by atoms with Crippen molar-refractivity contribution in [1.82, 2.24) is 35.2 Å². The van der Waals surface area contributed by atoms with E-state index in [1.165, 1.54) is 35.0 Å². The molecule has 226 valence electrons. The van der Waals surface area contributed by atoms with E-state index in [2.05, 4.69) is 36.2 Å². The Hall–Kier alpha value is -5.08. The SMILES string of the molecule is BC(B)(B)NC(=O)c1cnc(Nc2ccc(OCC)nn2)cc1Nc1cc(F)cc(-c2cc(C(=O)N(C)C)n(C)n2)c1OC. The summed E-state index contributed by atoms with van der Waals surface area (Å²) in [4.78, 5) is 31.8. The van der Waals surface area contributed by atoms with E-state index in [4.69, 9.17) is 9.47 Å². The van der Waals surface area contributed by atoms with Crippen LogP contribution in [0.1, 0.15) is 27.8 Å². The normalized spacial score (nSPS) is 11.0. The molecule has 13 nitrogen and oxygen atoms in total. The van der Waals surface area contributed by atoms with Gasteiger partial charge in [-0.15, -0.1) is 10.2 Å².